The number of likely N-dealkylation sites (tertiary alicyclic amines) is 1. The fourth-order valence-electron chi connectivity index (χ4n) is 5.64. The van der Waals surface area contributed by atoms with E-state index in [1.807, 2.05) is 48.5 Å². The van der Waals surface area contributed by atoms with Crippen LogP contribution < -0.4 is 16.4 Å². The predicted molar refractivity (Wildman–Crippen MR) is 185 cm³/mol. The number of aliphatic hydroxyl groups is 2. The Labute approximate surface area is 289 Å². The molecule has 262 valence electrons. The summed E-state index contributed by atoms with van der Waals surface area (Å²) in [5, 5.41) is 24.8. The van der Waals surface area contributed by atoms with Gasteiger partial charge < -0.3 is 46.2 Å². The van der Waals surface area contributed by atoms with Crippen LogP contribution in [-0.4, -0.2) is 90.9 Å². The Kier molecular flexibility index (Phi) is 11.3. The Bertz CT molecular complexity index is 1860. The molecule has 0 unspecified atom stereocenters. The predicted octanol–water partition coefficient (Wildman–Crippen LogP) is 2.52. The lowest BCUT2D eigenvalue weighted by atomic mass is 10.1. The van der Waals surface area contributed by atoms with Gasteiger partial charge in [0.25, 0.3) is 0 Å². The number of carbonyl (C=O) groups is 3. The van der Waals surface area contributed by atoms with Gasteiger partial charge in [-0.15, -0.1) is 0 Å². The highest BCUT2D eigenvalue weighted by molar-refractivity contribution is 5.86. The minimum Gasteiger partial charge on any atom is -0.453 e. The number of nitrogens with zero attached hydrogens (tertiary/aromatic N) is 3. The number of imidazole rings is 2. The average Bonchev–Trinajstić information content (AvgIpc) is 3.90. The van der Waals surface area contributed by atoms with Crippen LogP contribution in [0.4, 0.5) is 4.79 Å². The third-order valence-corrected chi connectivity index (χ3v) is 8.58. The molecule has 0 radical (unpaired) electrons. The van der Waals surface area contributed by atoms with E-state index in [0.717, 1.165) is 46.5 Å². The molecule has 3 heterocycles. The number of alkyl carbamates (subject to hydrolysis) is 1. The number of benzene rings is 2. The first-order valence-electron chi connectivity index (χ1n) is 16.3. The van der Waals surface area contributed by atoms with Crippen LogP contribution in [0.3, 0.4) is 0 Å². The molecule has 6 atom stereocenters. The van der Waals surface area contributed by atoms with Crippen LogP contribution in [0.25, 0.3) is 22.5 Å². The topological polar surface area (TPSA) is 212 Å². The smallest absolute Gasteiger partial charge is 0.407 e. The van der Waals surface area contributed by atoms with Crippen molar-refractivity contribution in [3.05, 3.63) is 83.7 Å². The van der Waals surface area contributed by atoms with E-state index in [4.69, 9.17) is 5.73 Å². The molecular weight excluding hydrogens is 640 g/mol. The first-order valence-corrected chi connectivity index (χ1v) is 16.3. The zero-order valence-corrected chi connectivity index (χ0v) is 28.3. The lowest BCUT2D eigenvalue weighted by Gasteiger charge is -2.27. The van der Waals surface area contributed by atoms with Gasteiger partial charge in [0, 0.05) is 17.7 Å². The van der Waals surface area contributed by atoms with Crippen LogP contribution in [0.5, 0.6) is 0 Å². The molecule has 14 heteroatoms. The number of hydrogen-bond acceptors (Lipinski definition) is 9. The van der Waals surface area contributed by atoms with Crippen molar-refractivity contribution < 1.29 is 29.3 Å². The minimum absolute atomic E-state index is 0.211. The monoisotopic (exact) mass is 682 g/mol. The van der Waals surface area contributed by atoms with Crippen LogP contribution in [0, 0.1) is 11.8 Å². The number of rotatable bonds is 10. The van der Waals surface area contributed by atoms with E-state index in [1.165, 1.54) is 21.0 Å². The van der Waals surface area contributed by atoms with Crippen molar-refractivity contribution in [2.24, 2.45) is 5.73 Å². The lowest BCUT2D eigenvalue weighted by Crippen LogP contribution is -2.52. The molecular formula is C36H42N8O6. The summed E-state index contributed by atoms with van der Waals surface area (Å²) in [6.45, 7) is 5.23. The number of hydrogen-bond donors (Lipinski definition) is 7. The number of aliphatic hydroxyl groups excluding tert-OH is 2. The first-order chi connectivity index (χ1) is 23.9. The zero-order chi connectivity index (χ0) is 35.9. The number of nitrogens with one attached hydrogen (secondary N) is 4. The molecule has 0 saturated carbocycles. The number of aromatic amines is 2. The van der Waals surface area contributed by atoms with Crippen molar-refractivity contribution in [3.63, 3.8) is 0 Å². The molecule has 1 fully saturated rings. The molecule has 1 aliphatic heterocycles. The third kappa shape index (κ3) is 8.38. The number of aromatic nitrogens is 4. The highest BCUT2D eigenvalue weighted by Crippen LogP contribution is 2.32. The largest absolute Gasteiger partial charge is 0.453 e. The molecule has 50 heavy (non-hydrogen) atoms. The molecule has 2 aromatic heterocycles. The van der Waals surface area contributed by atoms with E-state index in [9.17, 15) is 24.6 Å². The number of amides is 3. The normalized spacial score (nSPS) is 17.1. The Morgan fingerprint density at radius 3 is 2.04 bits per heavy atom. The van der Waals surface area contributed by atoms with Gasteiger partial charge in [0.1, 0.15) is 23.7 Å². The molecule has 1 aliphatic rings. The quantitative estimate of drug-likeness (QED) is 0.122. The fourth-order valence-corrected chi connectivity index (χ4v) is 5.64. The van der Waals surface area contributed by atoms with Crippen molar-refractivity contribution in [1.29, 1.82) is 0 Å². The van der Waals surface area contributed by atoms with Crippen LogP contribution in [0.1, 0.15) is 68.5 Å². The van der Waals surface area contributed by atoms with E-state index in [1.54, 1.807) is 24.2 Å². The van der Waals surface area contributed by atoms with Gasteiger partial charge in [-0.05, 0) is 69.0 Å². The van der Waals surface area contributed by atoms with Gasteiger partial charge in [0.15, 0.2) is 0 Å². The van der Waals surface area contributed by atoms with Crippen molar-refractivity contribution in [2.45, 2.75) is 70.0 Å². The van der Waals surface area contributed by atoms with E-state index in [-0.39, 0.29) is 11.9 Å². The Hall–Kier alpha value is -5.49. The van der Waals surface area contributed by atoms with E-state index >= 15 is 0 Å². The molecule has 5 rings (SSSR count). The Balaban J connectivity index is 1.18. The molecule has 4 aromatic rings. The third-order valence-electron chi connectivity index (χ3n) is 8.58. The number of ether oxygens (including phenoxy) is 1. The highest BCUT2D eigenvalue weighted by Gasteiger charge is 2.35. The van der Waals surface area contributed by atoms with Crippen LogP contribution in [0.15, 0.2) is 60.9 Å². The van der Waals surface area contributed by atoms with Crippen molar-refractivity contribution >= 4 is 17.9 Å². The van der Waals surface area contributed by atoms with Crippen molar-refractivity contribution in [2.75, 3.05) is 13.7 Å². The van der Waals surface area contributed by atoms with Gasteiger partial charge in [-0.3, -0.25) is 9.59 Å². The SMILES string of the molecule is COC(=O)N[C@H](C(=O)N[C@@H](C)c1ncc(-c2ccc(C#Cc3ccc(-c4cnc([C@@H]5CCCN5C(=O)[C@@H](N)[C@@H](C)O)[nH]4)cc3)cc2)[nH]1)[C@@H](C)O. The van der Waals surface area contributed by atoms with Gasteiger partial charge in [-0.25, -0.2) is 14.8 Å². The molecule has 0 spiro atoms. The molecule has 3 amide bonds. The summed E-state index contributed by atoms with van der Waals surface area (Å²) in [6, 6.07) is 12.6. The zero-order valence-electron chi connectivity index (χ0n) is 28.3. The molecule has 1 saturated heterocycles. The number of carbonyl (C=O) groups excluding carboxylic acids is 3. The van der Waals surface area contributed by atoms with Gasteiger partial charge in [0.05, 0.1) is 55.2 Å². The van der Waals surface area contributed by atoms with Gasteiger partial charge in [-0.1, -0.05) is 36.1 Å². The highest BCUT2D eigenvalue weighted by atomic mass is 16.5. The lowest BCUT2D eigenvalue weighted by molar-refractivity contribution is -0.136. The number of H-pyrrole nitrogens is 2. The maximum absolute atomic E-state index is 12.8. The number of methoxy groups -OCH3 is 1. The second-order valence-corrected chi connectivity index (χ2v) is 12.3. The molecule has 8 N–H and O–H groups in total. The van der Waals surface area contributed by atoms with Gasteiger partial charge in [0.2, 0.25) is 11.8 Å². The summed E-state index contributed by atoms with van der Waals surface area (Å²) in [5.41, 5.74) is 11.0. The molecule has 14 nitrogen and oxygen atoms in total. The van der Waals surface area contributed by atoms with Crippen LogP contribution >= 0.6 is 0 Å². The first kappa shape index (κ1) is 35.8. The Morgan fingerprint density at radius 2 is 1.48 bits per heavy atom. The fraction of sp³-hybridized carbons (Fsp3) is 0.361. The maximum Gasteiger partial charge on any atom is 0.407 e. The van der Waals surface area contributed by atoms with E-state index < -0.39 is 42.3 Å². The van der Waals surface area contributed by atoms with Gasteiger partial charge >= 0.3 is 6.09 Å². The summed E-state index contributed by atoms with van der Waals surface area (Å²) in [7, 11) is 1.17. The summed E-state index contributed by atoms with van der Waals surface area (Å²) in [6.07, 6.45) is 2.14. The van der Waals surface area contributed by atoms with E-state index in [0.29, 0.717) is 18.2 Å². The minimum atomic E-state index is -1.19. The van der Waals surface area contributed by atoms with Gasteiger partial charge in [-0.2, -0.15) is 0 Å². The molecule has 2 aromatic carbocycles. The Morgan fingerprint density at radius 1 is 0.900 bits per heavy atom. The van der Waals surface area contributed by atoms with Crippen LogP contribution in [0.2, 0.25) is 0 Å². The van der Waals surface area contributed by atoms with E-state index in [2.05, 4.69) is 47.1 Å². The van der Waals surface area contributed by atoms with Crippen molar-refractivity contribution in [3.8, 4) is 34.4 Å². The molecule has 0 aliphatic carbocycles. The summed E-state index contributed by atoms with van der Waals surface area (Å²) in [5.74, 6) is 6.72. The van der Waals surface area contributed by atoms with Crippen molar-refractivity contribution in [1.82, 2.24) is 35.5 Å². The molecule has 0 bridgehead atoms. The standard InChI is InChI=1S/C36H42N8O6/c1-20(40-34(47)31(22(3)46)43-36(49)50-4)32-38-18-27(41-32)25-13-9-23(10-14-25)7-8-24-11-15-26(16-12-24)28-19-39-33(42-28)29-6-5-17-44(29)35(48)30(37)21(2)45/h9-16,18-22,29-31,45-46H,5-6,17,37H2,1-4H3,(H,38,41)(H,39,42)(H,40,47)(H,43,49)/t20-,21+,22+,29-,30-,31-/m0/s1. The second-order valence-electron chi connectivity index (χ2n) is 12.3. The summed E-state index contributed by atoms with van der Waals surface area (Å²) < 4.78 is 4.53. The summed E-state index contributed by atoms with van der Waals surface area (Å²) in [4.78, 5) is 54.2. The summed E-state index contributed by atoms with van der Waals surface area (Å²) >= 11 is 0. The maximum atomic E-state index is 12.8. The average molecular weight is 683 g/mol. The second kappa shape index (κ2) is 15.8. The number of nitrogens with two attached hydrogens (primary N) is 1. The van der Waals surface area contributed by atoms with Crippen LogP contribution in [-0.2, 0) is 14.3 Å².